The summed E-state index contributed by atoms with van der Waals surface area (Å²) in [5, 5.41) is 0.195. The molecule has 0 saturated carbocycles. The second kappa shape index (κ2) is 4.70. The Morgan fingerprint density at radius 3 is 2.84 bits per heavy atom. The first-order valence-corrected chi connectivity index (χ1v) is 6.48. The van der Waals surface area contributed by atoms with Gasteiger partial charge in [-0.05, 0) is 24.4 Å². The number of nitrogens with two attached hydrogens (primary N) is 1. The lowest BCUT2D eigenvalue weighted by molar-refractivity contribution is -0.122. The summed E-state index contributed by atoms with van der Waals surface area (Å²) in [7, 11) is 0. The zero-order chi connectivity index (χ0) is 13.4. The number of carbonyl (C=O) groups is 1. The summed E-state index contributed by atoms with van der Waals surface area (Å²) < 4.78 is 5.41. The van der Waals surface area contributed by atoms with Crippen molar-refractivity contribution in [3.05, 3.63) is 17.6 Å². The predicted octanol–water partition coefficient (Wildman–Crippen LogP) is 1.58. The summed E-state index contributed by atoms with van der Waals surface area (Å²) in [5.74, 6) is 0.395. The van der Waals surface area contributed by atoms with Crippen molar-refractivity contribution in [1.29, 1.82) is 0 Å². The average Bonchev–Trinajstić information content (AvgIpc) is 2.85. The number of amides is 1. The monoisotopic (exact) mass is 280 g/mol. The quantitative estimate of drug-likeness (QED) is 0.844. The second-order valence-corrected chi connectivity index (χ2v) is 4.95. The highest BCUT2D eigenvalue weighted by atomic mass is 35.5. The van der Waals surface area contributed by atoms with Gasteiger partial charge in [-0.2, -0.15) is 4.98 Å². The maximum absolute atomic E-state index is 11.2. The Bertz CT molecular complexity index is 619. The van der Waals surface area contributed by atoms with Crippen LogP contribution in [0.3, 0.4) is 0 Å². The highest BCUT2D eigenvalue weighted by Crippen LogP contribution is 2.29. The first-order chi connectivity index (χ1) is 9.15. The molecule has 1 saturated heterocycles. The van der Waals surface area contributed by atoms with E-state index in [1.165, 1.54) is 0 Å². The van der Waals surface area contributed by atoms with Crippen molar-refractivity contribution in [2.24, 2.45) is 11.7 Å². The molecule has 2 aromatic heterocycles. The number of nitrogens with zero attached hydrogens (tertiary/aromatic N) is 3. The fraction of sp³-hybridized carbons (Fsp3) is 0.417. The van der Waals surface area contributed by atoms with Gasteiger partial charge in [0.05, 0.1) is 6.26 Å². The molecule has 1 fully saturated rings. The lowest BCUT2D eigenvalue weighted by Gasteiger charge is -2.31. The number of piperidine rings is 1. The van der Waals surface area contributed by atoms with Crippen LogP contribution in [0, 0.1) is 5.92 Å². The van der Waals surface area contributed by atoms with Gasteiger partial charge in [0.25, 0.3) is 0 Å². The fourth-order valence-electron chi connectivity index (χ4n) is 2.41. The van der Waals surface area contributed by atoms with Crippen LogP contribution in [-0.2, 0) is 4.79 Å². The molecule has 0 unspecified atom stereocenters. The topological polar surface area (TPSA) is 85.3 Å². The number of furan rings is 1. The van der Waals surface area contributed by atoms with E-state index in [2.05, 4.69) is 14.9 Å². The summed E-state index contributed by atoms with van der Waals surface area (Å²) in [6.07, 6.45) is 3.01. The van der Waals surface area contributed by atoms with Crippen molar-refractivity contribution in [2.45, 2.75) is 12.8 Å². The number of primary amides is 1. The van der Waals surface area contributed by atoms with Crippen molar-refractivity contribution in [3.8, 4) is 0 Å². The van der Waals surface area contributed by atoms with Crippen LogP contribution in [0.25, 0.3) is 11.1 Å². The van der Waals surface area contributed by atoms with Crippen LogP contribution in [0.4, 0.5) is 5.82 Å². The highest BCUT2D eigenvalue weighted by Gasteiger charge is 2.26. The van der Waals surface area contributed by atoms with E-state index in [1.807, 2.05) is 0 Å². The highest BCUT2D eigenvalue weighted by molar-refractivity contribution is 6.28. The van der Waals surface area contributed by atoms with Crippen molar-refractivity contribution in [1.82, 2.24) is 9.97 Å². The molecular formula is C12H13ClN4O2. The number of hydrogen-bond donors (Lipinski definition) is 1. The molecule has 0 radical (unpaired) electrons. The van der Waals surface area contributed by atoms with Crippen LogP contribution in [0.1, 0.15) is 12.8 Å². The molecule has 100 valence electrons. The lowest BCUT2D eigenvalue weighted by atomic mass is 9.96. The number of hydrogen-bond acceptors (Lipinski definition) is 5. The van der Waals surface area contributed by atoms with E-state index >= 15 is 0 Å². The van der Waals surface area contributed by atoms with E-state index < -0.39 is 0 Å². The van der Waals surface area contributed by atoms with Gasteiger partial charge in [-0.15, -0.1) is 0 Å². The molecule has 6 nitrogen and oxygen atoms in total. The Morgan fingerprint density at radius 1 is 1.42 bits per heavy atom. The van der Waals surface area contributed by atoms with Crippen molar-refractivity contribution in [2.75, 3.05) is 18.0 Å². The minimum Gasteiger partial charge on any atom is -0.459 e. The predicted molar refractivity (Wildman–Crippen MR) is 70.9 cm³/mol. The van der Waals surface area contributed by atoms with Gasteiger partial charge < -0.3 is 15.1 Å². The Kier molecular flexibility index (Phi) is 3.02. The third-order valence-corrected chi connectivity index (χ3v) is 3.62. The summed E-state index contributed by atoms with van der Waals surface area (Å²) in [5.41, 5.74) is 6.64. The smallest absolute Gasteiger partial charge is 0.225 e. The molecule has 2 N–H and O–H groups in total. The first-order valence-electron chi connectivity index (χ1n) is 6.10. The molecule has 0 bridgehead atoms. The average molecular weight is 281 g/mol. The van der Waals surface area contributed by atoms with Crippen LogP contribution in [0.2, 0.25) is 5.28 Å². The SMILES string of the molecule is NC(=O)C1CCN(c2nc(Cl)nc3ccoc23)CC1. The fourth-order valence-corrected chi connectivity index (χ4v) is 2.58. The molecule has 1 aliphatic rings. The summed E-state index contributed by atoms with van der Waals surface area (Å²) in [6.45, 7) is 1.41. The first kappa shape index (κ1) is 12.2. The van der Waals surface area contributed by atoms with Crippen molar-refractivity contribution < 1.29 is 9.21 Å². The number of rotatable bonds is 2. The summed E-state index contributed by atoms with van der Waals surface area (Å²) in [4.78, 5) is 21.5. The van der Waals surface area contributed by atoms with E-state index in [9.17, 15) is 4.79 Å². The number of fused-ring (bicyclic) bond motifs is 1. The normalized spacial score (nSPS) is 17.0. The van der Waals surface area contributed by atoms with Gasteiger partial charge in [-0.25, -0.2) is 4.98 Å². The minimum absolute atomic E-state index is 0.0550. The lowest BCUT2D eigenvalue weighted by Crippen LogP contribution is -2.39. The summed E-state index contributed by atoms with van der Waals surface area (Å²) >= 11 is 5.91. The zero-order valence-corrected chi connectivity index (χ0v) is 10.9. The van der Waals surface area contributed by atoms with Crippen LogP contribution in [0.15, 0.2) is 16.7 Å². The second-order valence-electron chi connectivity index (χ2n) is 4.61. The Hall–Kier alpha value is -1.82. The van der Waals surface area contributed by atoms with Gasteiger partial charge in [-0.3, -0.25) is 4.79 Å². The third kappa shape index (κ3) is 2.23. The molecule has 1 aliphatic heterocycles. The van der Waals surface area contributed by atoms with E-state index in [0.29, 0.717) is 30.0 Å². The van der Waals surface area contributed by atoms with Gasteiger partial charge in [0.15, 0.2) is 11.4 Å². The molecule has 7 heteroatoms. The third-order valence-electron chi connectivity index (χ3n) is 3.46. The van der Waals surface area contributed by atoms with Gasteiger partial charge in [0, 0.05) is 25.1 Å². The largest absolute Gasteiger partial charge is 0.459 e. The Balaban J connectivity index is 1.89. The van der Waals surface area contributed by atoms with Crippen LogP contribution >= 0.6 is 11.6 Å². The van der Waals surface area contributed by atoms with Crippen molar-refractivity contribution >= 4 is 34.4 Å². The molecule has 2 aromatic rings. The molecule has 3 rings (SSSR count). The van der Waals surface area contributed by atoms with Gasteiger partial charge in [0.1, 0.15) is 5.52 Å². The molecular weight excluding hydrogens is 268 g/mol. The van der Waals surface area contributed by atoms with Crippen LogP contribution in [0.5, 0.6) is 0 Å². The number of halogens is 1. The number of anilines is 1. The molecule has 0 atom stereocenters. The van der Waals surface area contributed by atoms with Crippen molar-refractivity contribution in [3.63, 3.8) is 0 Å². The Labute approximate surface area is 114 Å². The van der Waals surface area contributed by atoms with Crippen LogP contribution in [-0.4, -0.2) is 29.0 Å². The van der Waals surface area contributed by atoms with Gasteiger partial charge in [-0.1, -0.05) is 0 Å². The minimum atomic E-state index is -0.233. The van der Waals surface area contributed by atoms with Crippen LogP contribution < -0.4 is 10.6 Å². The van der Waals surface area contributed by atoms with Gasteiger partial charge >= 0.3 is 0 Å². The van der Waals surface area contributed by atoms with E-state index in [4.69, 9.17) is 21.8 Å². The van der Waals surface area contributed by atoms with E-state index in [1.54, 1.807) is 12.3 Å². The molecule has 1 amide bonds. The molecule has 0 spiro atoms. The number of aromatic nitrogens is 2. The van der Waals surface area contributed by atoms with Gasteiger partial charge in [0.2, 0.25) is 11.2 Å². The standard InChI is InChI=1S/C12H13ClN4O2/c13-12-15-8-3-6-19-9(8)11(16-12)17-4-1-7(2-5-17)10(14)18/h3,6-7H,1-2,4-5H2,(H2,14,18). The maximum atomic E-state index is 11.2. The Morgan fingerprint density at radius 2 is 2.16 bits per heavy atom. The zero-order valence-electron chi connectivity index (χ0n) is 10.2. The molecule has 0 aliphatic carbocycles. The van der Waals surface area contributed by atoms with E-state index in [0.717, 1.165) is 12.8 Å². The van der Waals surface area contributed by atoms with E-state index in [-0.39, 0.29) is 17.1 Å². The summed E-state index contributed by atoms with van der Waals surface area (Å²) in [6, 6.07) is 1.75. The molecule has 19 heavy (non-hydrogen) atoms. The molecule has 0 aromatic carbocycles. The maximum Gasteiger partial charge on any atom is 0.225 e. The molecule has 3 heterocycles. The number of carbonyl (C=O) groups excluding carboxylic acids is 1.